The number of carbonyl (C=O) groups is 1. The van der Waals surface area contributed by atoms with Gasteiger partial charge in [-0.2, -0.15) is 0 Å². The molecule has 5 heteroatoms. The van der Waals surface area contributed by atoms with E-state index in [1.165, 1.54) is 0 Å². The van der Waals surface area contributed by atoms with Gasteiger partial charge in [-0.25, -0.2) is 4.79 Å². The van der Waals surface area contributed by atoms with Gasteiger partial charge < -0.3 is 20.6 Å². The van der Waals surface area contributed by atoms with E-state index in [1.807, 2.05) is 7.05 Å². The van der Waals surface area contributed by atoms with Gasteiger partial charge in [-0.05, 0) is 32.1 Å². The van der Waals surface area contributed by atoms with E-state index in [2.05, 4.69) is 5.32 Å². The van der Waals surface area contributed by atoms with Crippen molar-refractivity contribution in [1.82, 2.24) is 5.32 Å². The average Bonchev–Trinajstić information content (AvgIpc) is 2.26. The quantitative estimate of drug-likeness (QED) is 0.581. The standard InChI is InChI=1S/C12H15NO4/c1-13-5-3-2-4-9-10(14)6-8(12(16)17)7-11(9)15/h2,4,6-7,13-15H,3,5H2,1H3,(H,16,17). The number of nitrogens with one attached hydrogen (secondary N) is 1. The molecule has 0 saturated heterocycles. The van der Waals surface area contributed by atoms with Gasteiger partial charge in [0.25, 0.3) is 0 Å². The third kappa shape index (κ3) is 3.49. The van der Waals surface area contributed by atoms with Crippen LogP contribution in [0.25, 0.3) is 6.08 Å². The lowest BCUT2D eigenvalue weighted by Crippen LogP contribution is -2.05. The van der Waals surface area contributed by atoms with Crippen molar-refractivity contribution in [2.75, 3.05) is 13.6 Å². The molecule has 0 aliphatic carbocycles. The van der Waals surface area contributed by atoms with Crippen LogP contribution in [-0.4, -0.2) is 34.9 Å². The molecule has 92 valence electrons. The van der Waals surface area contributed by atoms with Crippen LogP contribution in [0, 0.1) is 0 Å². The number of phenols is 2. The molecule has 0 atom stereocenters. The summed E-state index contributed by atoms with van der Waals surface area (Å²) in [7, 11) is 1.82. The fourth-order valence-electron chi connectivity index (χ4n) is 1.35. The summed E-state index contributed by atoms with van der Waals surface area (Å²) in [4.78, 5) is 10.7. The molecule has 1 aromatic carbocycles. The summed E-state index contributed by atoms with van der Waals surface area (Å²) in [6, 6.07) is 2.22. The van der Waals surface area contributed by atoms with Crippen LogP contribution in [-0.2, 0) is 0 Å². The normalized spacial score (nSPS) is 10.9. The second kappa shape index (κ2) is 5.91. The van der Waals surface area contributed by atoms with Crippen LogP contribution in [0.2, 0.25) is 0 Å². The van der Waals surface area contributed by atoms with Gasteiger partial charge in [0.1, 0.15) is 11.5 Å². The van der Waals surface area contributed by atoms with Gasteiger partial charge in [-0.15, -0.1) is 0 Å². The second-order valence-corrected chi connectivity index (χ2v) is 3.53. The lowest BCUT2D eigenvalue weighted by molar-refractivity contribution is 0.0696. The highest BCUT2D eigenvalue weighted by molar-refractivity contribution is 5.89. The van der Waals surface area contributed by atoms with E-state index in [9.17, 15) is 15.0 Å². The van der Waals surface area contributed by atoms with Crippen molar-refractivity contribution in [1.29, 1.82) is 0 Å². The Balaban J connectivity index is 2.94. The van der Waals surface area contributed by atoms with Crippen molar-refractivity contribution >= 4 is 12.0 Å². The van der Waals surface area contributed by atoms with Gasteiger partial charge in [-0.3, -0.25) is 0 Å². The predicted molar refractivity (Wildman–Crippen MR) is 64.3 cm³/mol. The van der Waals surface area contributed by atoms with Crippen LogP contribution in [0.5, 0.6) is 11.5 Å². The molecule has 0 amide bonds. The summed E-state index contributed by atoms with van der Waals surface area (Å²) >= 11 is 0. The number of phenolic OH excluding ortho intramolecular Hbond substituents is 2. The molecule has 0 fully saturated rings. The molecule has 0 radical (unpaired) electrons. The first-order chi connectivity index (χ1) is 8.06. The minimum atomic E-state index is -1.19. The Morgan fingerprint density at radius 1 is 1.35 bits per heavy atom. The third-order valence-electron chi connectivity index (χ3n) is 2.23. The molecule has 0 aliphatic heterocycles. The van der Waals surface area contributed by atoms with Gasteiger partial charge in [0.05, 0.1) is 11.1 Å². The largest absolute Gasteiger partial charge is 0.507 e. The van der Waals surface area contributed by atoms with Crippen molar-refractivity contribution in [3.63, 3.8) is 0 Å². The lowest BCUT2D eigenvalue weighted by atomic mass is 10.1. The molecule has 0 heterocycles. The second-order valence-electron chi connectivity index (χ2n) is 3.53. The number of aromatic carboxylic acids is 1. The Kier molecular flexibility index (Phi) is 4.54. The van der Waals surface area contributed by atoms with E-state index in [1.54, 1.807) is 12.2 Å². The number of hydrogen-bond acceptors (Lipinski definition) is 4. The van der Waals surface area contributed by atoms with Crippen LogP contribution in [0.15, 0.2) is 18.2 Å². The summed E-state index contributed by atoms with van der Waals surface area (Å²) in [6.45, 7) is 0.783. The first-order valence-electron chi connectivity index (χ1n) is 5.16. The molecule has 4 N–H and O–H groups in total. The molecule has 0 saturated carbocycles. The van der Waals surface area contributed by atoms with Gasteiger partial charge in [0.15, 0.2) is 0 Å². The van der Waals surface area contributed by atoms with Crippen molar-refractivity contribution in [3.8, 4) is 11.5 Å². The van der Waals surface area contributed by atoms with Crippen LogP contribution in [0.1, 0.15) is 22.3 Å². The maximum atomic E-state index is 10.7. The Bertz CT molecular complexity index is 417. The van der Waals surface area contributed by atoms with Gasteiger partial charge in [0.2, 0.25) is 0 Å². The fraction of sp³-hybridized carbons (Fsp3) is 0.250. The SMILES string of the molecule is CNCCC=Cc1c(O)cc(C(=O)O)cc1O. The van der Waals surface area contributed by atoms with Crippen molar-refractivity contribution in [3.05, 3.63) is 29.3 Å². The van der Waals surface area contributed by atoms with Gasteiger partial charge >= 0.3 is 5.97 Å². The minimum Gasteiger partial charge on any atom is -0.507 e. The summed E-state index contributed by atoms with van der Waals surface area (Å²) in [5, 5.41) is 30.9. The first-order valence-corrected chi connectivity index (χ1v) is 5.16. The monoisotopic (exact) mass is 237 g/mol. The molecule has 1 aromatic rings. The third-order valence-corrected chi connectivity index (χ3v) is 2.23. The lowest BCUT2D eigenvalue weighted by Gasteiger charge is -2.04. The molecule has 5 nitrogen and oxygen atoms in total. The molecule has 0 bridgehead atoms. The Hall–Kier alpha value is -2.01. The average molecular weight is 237 g/mol. The summed E-state index contributed by atoms with van der Waals surface area (Å²) in [5.74, 6) is -1.69. The molecule has 1 rings (SSSR count). The predicted octanol–water partition coefficient (Wildman–Crippen LogP) is 1.42. The molecular weight excluding hydrogens is 222 g/mol. The number of hydrogen-bond donors (Lipinski definition) is 4. The number of aromatic hydroxyl groups is 2. The molecule has 0 spiro atoms. The van der Waals surface area contributed by atoms with E-state index in [0.717, 1.165) is 25.1 Å². The number of rotatable bonds is 5. The highest BCUT2D eigenvalue weighted by atomic mass is 16.4. The molecule has 0 aliphatic rings. The highest BCUT2D eigenvalue weighted by Gasteiger charge is 2.11. The van der Waals surface area contributed by atoms with E-state index in [4.69, 9.17) is 5.11 Å². The zero-order chi connectivity index (χ0) is 12.8. The molecule has 0 aromatic heterocycles. The fourth-order valence-corrected chi connectivity index (χ4v) is 1.35. The number of benzene rings is 1. The Labute approximate surface area is 99.0 Å². The first kappa shape index (κ1) is 13.1. The smallest absolute Gasteiger partial charge is 0.335 e. The van der Waals surface area contributed by atoms with Crippen LogP contribution in [0.3, 0.4) is 0 Å². The highest BCUT2D eigenvalue weighted by Crippen LogP contribution is 2.30. The van der Waals surface area contributed by atoms with E-state index in [-0.39, 0.29) is 22.6 Å². The van der Waals surface area contributed by atoms with E-state index < -0.39 is 5.97 Å². The number of carboxylic acids is 1. The Morgan fingerprint density at radius 3 is 2.41 bits per heavy atom. The van der Waals surface area contributed by atoms with Crippen LogP contribution >= 0.6 is 0 Å². The zero-order valence-corrected chi connectivity index (χ0v) is 9.47. The van der Waals surface area contributed by atoms with Crippen LogP contribution < -0.4 is 5.32 Å². The molecule has 17 heavy (non-hydrogen) atoms. The zero-order valence-electron chi connectivity index (χ0n) is 9.47. The van der Waals surface area contributed by atoms with Crippen molar-refractivity contribution in [2.24, 2.45) is 0 Å². The molecular formula is C12H15NO4. The Morgan fingerprint density at radius 2 is 1.94 bits per heavy atom. The van der Waals surface area contributed by atoms with Crippen molar-refractivity contribution < 1.29 is 20.1 Å². The molecule has 0 unspecified atom stereocenters. The van der Waals surface area contributed by atoms with Crippen LogP contribution in [0.4, 0.5) is 0 Å². The van der Waals surface area contributed by atoms with Crippen molar-refractivity contribution in [2.45, 2.75) is 6.42 Å². The maximum Gasteiger partial charge on any atom is 0.335 e. The van der Waals surface area contributed by atoms with E-state index in [0.29, 0.717) is 0 Å². The van der Waals surface area contributed by atoms with E-state index >= 15 is 0 Å². The van der Waals surface area contributed by atoms with Gasteiger partial charge in [0, 0.05) is 0 Å². The summed E-state index contributed by atoms with van der Waals surface area (Å²) in [6.07, 6.45) is 4.09. The summed E-state index contributed by atoms with van der Waals surface area (Å²) in [5.41, 5.74) is 0.0819. The number of carboxylic acid groups (broad SMARTS) is 1. The minimum absolute atomic E-state index is 0.146. The maximum absolute atomic E-state index is 10.7. The summed E-state index contributed by atoms with van der Waals surface area (Å²) < 4.78 is 0. The topological polar surface area (TPSA) is 89.8 Å². The van der Waals surface area contributed by atoms with Gasteiger partial charge in [-0.1, -0.05) is 12.2 Å².